The van der Waals surface area contributed by atoms with Crippen LogP contribution in [0.25, 0.3) is 21.9 Å². The van der Waals surface area contributed by atoms with Crippen molar-refractivity contribution in [3.05, 3.63) is 65.4 Å². The van der Waals surface area contributed by atoms with Crippen molar-refractivity contribution in [3.8, 4) is 11.1 Å². The van der Waals surface area contributed by atoms with Crippen LogP contribution in [-0.2, 0) is 0 Å². The molecule has 0 unspecified atom stereocenters. The molecule has 1 heterocycles. The highest BCUT2D eigenvalue weighted by atomic mass is 35.5. The summed E-state index contributed by atoms with van der Waals surface area (Å²) in [6, 6.07) is 15.4. The van der Waals surface area contributed by atoms with Crippen LogP contribution in [0.4, 0.5) is 0 Å². The van der Waals surface area contributed by atoms with Gasteiger partial charge in [-0.1, -0.05) is 54.1 Å². The first-order valence-corrected chi connectivity index (χ1v) is 6.41. The average molecular weight is 284 g/mol. The zero-order valence-electron chi connectivity index (χ0n) is 10.4. The van der Waals surface area contributed by atoms with E-state index in [0.29, 0.717) is 0 Å². The maximum atomic E-state index is 11.1. The van der Waals surface area contributed by atoms with Crippen LogP contribution in [0.2, 0.25) is 5.15 Å². The lowest BCUT2D eigenvalue weighted by Crippen LogP contribution is -1.99. The number of rotatable bonds is 2. The van der Waals surface area contributed by atoms with E-state index >= 15 is 0 Å². The van der Waals surface area contributed by atoms with Crippen LogP contribution < -0.4 is 0 Å². The van der Waals surface area contributed by atoms with Gasteiger partial charge in [0.1, 0.15) is 5.15 Å². The fourth-order valence-electron chi connectivity index (χ4n) is 2.22. The molecule has 0 radical (unpaired) electrons. The Labute approximate surface area is 120 Å². The van der Waals surface area contributed by atoms with Gasteiger partial charge in [0.05, 0.1) is 5.56 Å². The first-order chi connectivity index (χ1) is 9.66. The highest BCUT2D eigenvalue weighted by molar-refractivity contribution is 6.32. The van der Waals surface area contributed by atoms with E-state index in [0.717, 1.165) is 21.9 Å². The van der Waals surface area contributed by atoms with Crippen LogP contribution in [0, 0.1) is 0 Å². The molecule has 0 aliphatic heterocycles. The summed E-state index contributed by atoms with van der Waals surface area (Å²) in [5, 5.41) is 11.3. The Morgan fingerprint density at radius 3 is 2.65 bits per heavy atom. The zero-order valence-corrected chi connectivity index (χ0v) is 11.1. The van der Waals surface area contributed by atoms with E-state index in [2.05, 4.69) is 4.98 Å². The van der Waals surface area contributed by atoms with E-state index in [4.69, 9.17) is 16.7 Å². The molecule has 0 aliphatic rings. The van der Waals surface area contributed by atoms with Crippen LogP contribution in [0.3, 0.4) is 0 Å². The molecule has 0 saturated heterocycles. The lowest BCUT2D eigenvalue weighted by atomic mass is 9.99. The molecule has 0 bridgehead atoms. The van der Waals surface area contributed by atoms with Gasteiger partial charge >= 0.3 is 5.97 Å². The van der Waals surface area contributed by atoms with Crippen LogP contribution in [0.1, 0.15) is 10.4 Å². The van der Waals surface area contributed by atoms with Crippen LogP contribution in [-0.4, -0.2) is 16.1 Å². The molecule has 20 heavy (non-hydrogen) atoms. The number of aromatic carboxylic acids is 1. The smallest absolute Gasteiger partial charge is 0.338 e. The van der Waals surface area contributed by atoms with E-state index in [1.54, 1.807) is 12.3 Å². The number of hydrogen-bond donors (Lipinski definition) is 1. The SMILES string of the molecule is O=C(O)c1cc(-c2cccc3ccccc23)cnc1Cl. The van der Waals surface area contributed by atoms with Crippen molar-refractivity contribution in [1.82, 2.24) is 4.98 Å². The standard InChI is InChI=1S/C16H10ClNO2/c17-15-14(16(19)20)8-11(9-18-15)13-7-3-5-10-4-1-2-6-12(10)13/h1-9H,(H,19,20). The number of nitrogens with zero attached hydrogens (tertiary/aromatic N) is 1. The molecule has 0 aliphatic carbocycles. The van der Waals surface area contributed by atoms with Gasteiger partial charge in [0.25, 0.3) is 0 Å². The van der Waals surface area contributed by atoms with E-state index in [-0.39, 0.29) is 10.7 Å². The normalized spacial score (nSPS) is 10.7. The molecule has 0 fully saturated rings. The van der Waals surface area contributed by atoms with Crippen molar-refractivity contribution in [3.63, 3.8) is 0 Å². The summed E-state index contributed by atoms with van der Waals surface area (Å²) < 4.78 is 0. The van der Waals surface area contributed by atoms with Crippen molar-refractivity contribution >= 4 is 28.3 Å². The predicted molar refractivity (Wildman–Crippen MR) is 79.1 cm³/mol. The molecule has 0 saturated carbocycles. The number of fused-ring (bicyclic) bond motifs is 1. The third-order valence-corrected chi connectivity index (χ3v) is 3.47. The summed E-state index contributed by atoms with van der Waals surface area (Å²) in [4.78, 5) is 15.1. The van der Waals surface area contributed by atoms with Gasteiger partial charge < -0.3 is 5.11 Å². The molecule has 1 aromatic heterocycles. The van der Waals surface area contributed by atoms with Crippen molar-refractivity contribution in [1.29, 1.82) is 0 Å². The number of carboxylic acid groups (broad SMARTS) is 1. The van der Waals surface area contributed by atoms with Gasteiger partial charge in [0, 0.05) is 11.8 Å². The van der Waals surface area contributed by atoms with Crippen LogP contribution >= 0.6 is 11.6 Å². The monoisotopic (exact) mass is 283 g/mol. The first kappa shape index (κ1) is 12.6. The van der Waals surface area contributed by atoms with Crippen molar-refractivity contribution in [2.45, 2.75) is 0 Å². The number of benzene rings is 2. The minimum Gasteiger partial charge on any atom is -0.478 e. The Bertz CT molecular complexity index is 809. The van der Waals surface area contributed by atoms with Gasteiger partial charge in [0.15, 0.2) is 0 Å². The Morgan fingerprint density at radius 2 is 1.85 bits per heavy atom. The van der Waals surface area contributed by atoms with Gasteiger partial charge in [-0.25, -0.2) is 9.78 Å². The van der Waals surface area contributed by atoms with Gasteiger partial charge in [-0.05, 0) is 22.4 Å². The predicted octanol–water partition coefficient (Wildman–Crippen LogP) is 4.25. The second-order valence-electron chi connectivity index (χ2n) is 4.39. The number of pyridine rings is 1. The lowest BCUT2D eigenvalue weighted by molar-refractivity contribution is 0.0696. The number of carbonyl (C=O) groups is 1. The molecule has 98 valence electrons. The summed E-state index contributed by atoms with van der Waals surface area (Å²) in [6.45, 7) is 0. The second-order valence-corrected chi connectivity index (χ2v) is 4.75. The van der Waals surface area contributed by atoms with E-state index in [1.807, 2.05) is 42.5 Å². The molecule has 3 rings (SSSR count). The van der Waals surface area contributed by atoms with Crippen LogP contribution in [0.5, 0.6) is 0 Å². The van der Waals surface area contributed by atoms with Crippen LogP contribution in [0.15, 0.2) is 54.7 Å². The quantitative estimate of drug-likeness (QED) is 0.715. The minimum absolute atomic E-state index is 0.00138. The fraction of sp³-hybridized carbons (Fsp3) is 0. The summed E-state index contributed by atoms with van der Waals surface area (Å²) in [5.74, 6) is -1.08. The molecular weight excluding hydrogens is 274 g/mol. The Hall–Kier alpha value is -2.39. The molecule has 3 nitrogen and oxygen atoms in total. The molecule has 0 spiro atoms. The summed E-state index contributed by atoms with van der Waals surface area (Å²) >= 11 is 5.80. The maximum Gasteiger partial charge on any atom is 0.338 e. The van der Waals surface area contributed by atoms with Crippen molar-refractivity contribution in [2.24, 2.45) is 0 Å². The Kier molecular flexibility index (Phi) is 3.12. The largest absolute Gasteiger partial charge is 0.478 e. The molecule has 4 heteroatoms. The van der Waals surface area contributed by atoms with E-state index in [9.17, 15) is 4.79 Å². The maximum absolute atomic E-state index is 11.1. The third-order valence-electron chi connectivity index (χ3n) is 3.17. The average Bonchev–Trinajstić information content (AvgIpc) is 2.47. The Morgan fingerprint density at radius 1 is 1.10 bits per heavy atom. The summed E-state index contributed by atoms with van der Waals surface area (Å²) in [5.41, 5.74) is 1.69. The van der Waals surface area contributed by atoms with Crippen molar-refractivity contribution in [2.75, 3.05) is 0 Å². The lowest BCUT2D eigenvalue weighted by Gasteiger charge is -2.08. The summed E-state index contributed by atoms with van der Waals surface area (Å²) in [6.07, 6.45) is 1.59. The van der Waals surface area contributed by atoms with Gasteiger partial charge in [0.2, 0.25) is 0 Å². The van der Waals surface area contributed by atoms with E-state index < -0.39 is 5.97 Å². The molecule has 0 atom stereocenters. The fourth-order valence-corrected chi connectivity index (χ4v) is 2.41. The minimum atomic E-state index is -1.08. The Balaban J connectivity index is 2.26. The van der Waals surface area contributed by atoms with Gasteiger partial charge in [-0.3, -0.25) is 0 Å². The van der Waals surface area contributed by atoms with E-state index in [1.165, 1.54) is 0 Å². The second kappa shape index (κ2) is 4.94. The number of halogens is 1. The van der Waals surface area contributed by atoms with Gasteiger partial charge in [-0.15, -0.1) is 0 Å². The number of hydrogen-bond acceptors (Lipinski definition) is 2. The highest BCUT2D eigenvalue weighted by Crippen LogP contribution is 2.29. The molecular formula is C16H10ClNO2. The topological polar surface area (TPSA) is 50.2 Å². The first-order valence-electron chi connectivity index (χ1n) is 6.04. The van der Waals surface area contributed by atoms with Gasteiger partial charge in [-0.2, -0.15) is 0 Å². The molecule has 0 amide bonds. The molecule has 2 aromatic carbocycles. The van der Waals surface area contributed by atoms with Crippen molar-refractivity contribution < 1.29 is 9.90 Å². The summed E-state index contributed by atoms with van der Waals surface area (Å²) in [7, 11) is 0. The molecule has 1 N–H and O–H groups in total. The zero-order chi connectivity index (χ0) is 14.1. The number of carboxylic acids is 1. The number of aromatic nitrogens is 1. The highest BCUT2D eigenvalue weighted by Gasteiger charge is 2.12. The third kappa shape index (κ3) is 2.12. The molecule has 3 aromatic rings.